The highest BCUT2D eigenvalue weighted by molar-refractivity contribution is 5.79. The van der Waals surface area contributed by atoms with Crippen LogP contribution in [0, 0.1) is 27.7 Å². The molecule has 1 aliphatic rings. The Hall–Kier alpha value is -2.00. The minimum Gasteiger partial charge on any atom is -0.507 e. The second-order valence-corrected chi connectivity index (χ2v) is 6.05. The number of aromatic hydroxyl groups is 1. The van der Waals surface area contributed by atoms with Gasteiger partial charge >= 0.3 is 0 Å². The topological polar surface area (TPSA) is 42.0 Å². The average Bonchev–Trinajstić information content (AvgIpc) is 3.31. The van der Waals surface area contributed by atoms with E-state index in [1.54, 1.807) is 0 Å². The lowest BCUT2D eigenvalue weighted by atomic mass is 9.95. The van der Waals surface area contributed by atoms with Crippen molar-refractivity contribution in [3.8, 4) is 22.6 Å². The first-order valence-electron chi connectivity index (χ1n) is 7.63. The van der Waals surface area contributed by atoms with Gasteiger partial charge in [-0.2, -0.15) is 0 Å². The van der Waals surface area contributed by atoms with E-state index in [4.69, 9.17) is 9.47 Å². The van der Waals surface area contributed by atoms with Crippen molar-refractivity contribution >= 4 is 0 Å². The Morgan fingerprint density at radius 3 is 2.23 bits per heavy atom. The molecule has 0 radical (unpaired) electrons. The largest absolute Gasteiger partial charge is 0.507 e. The predicted molar refractivity (Wildman–Crippen MR) is 87.7 cm³/mol. The number of hydrogen-bond acceptors (Lipinski definition) is 3. The molecule has 0 aromatic heterocycles. The second kappa shape index (κ2) is 5.65. The summed E-state index contributed by atoms with van der Waals surface area (Å²) in [6, 6.07) is 8.09. The van der Waals surface area contributed by atoms with Crippen molar-refractivity contribution in [1.82, 2.24) is 0 Å². The van der Waals surface area contributed by atoms with Crippen LogP contribution in [0.2, 0.25) is 0 Å². The van der Waals surface area contributed by atoms with E-state index in [2.05, 4.69) is 19.9 Å². The number of rotatable bonds is 4. The maximum absolute atomic E-state index is 10.5. The Kier molecular flexibility index (Phi) is 3.83. The number of epoxide rings is 1. The van der Waals surface area contributed by atoms with Crippen LogP contribution in [0.5, 0.6) is 11.5 Å². The summed E-state index contributed by atoms with van der Waals surface area (Å²) in [5, 5.41) is 10.5. The van der Waals surface area contributed by atoms with Gasteiger partial charge in [0.15, 0.2) is 0 Å². The van der Waals surface area contributed by atoms with E-state index in [-0.39, 0.29) is 6.10 Å². The van der Waals surface area contributed by atoms with E-state index in [1.807, 2.05) is 32.0 Å². The third kappa shape index (κ3) is 2.69. The van der Waals surface area contributed by atoms with Gasteiger partial charge in [0.2, 0.25) is 0 Å². The summed E-state index contributed by atoms with van der Waals surface area (Å²) in [5.41, 5.74) is 6.03. The molecule has 1 aliphatic heterocycles. The number of hydrogen-bond donors (Lipinski definition) is 1. The van der Waals surface area contributed by atoms with Crippen LogP contribution in [0.15, 0.2) is 24.3 Å². The van der Waals surface area contributed by atoms with Crippen LogP contribution in [-0.4, -0.2) is 24.4 Å². The first-order chi connectivity index (χ1) is 10.5. The van der Waals surface area contributed by atoms with Gasteiger partial charge in [0.1, 0.15) is 24.2 Å². The monoisotopic (exact) mass is 298 g/mol. The lowest BCUT2D eigenvalue weighted by molar-refractivity contribution is 0.262. The highest BCUT2D eigenvalue weighted by Gasteiger charge is 2.25. The summed E-state index contributed by atoms with van der Waals surface area (Å²) in [6.07, 6.45) is 0.209. The highest BCUT2D eigenvalue weighted by Crippen LogP contribution is 2.41. The molecule has 22 heavy (non-hydrogen) atoms. The van der Waals surface area contributed by atoms with E-state index >= 15 is 0 Å². The summed E-state index contributed by atoms with van der Waals surface area (Å²) in [7, 11) is 0. The summed E-state index contributed by atoms with van der Waals surface area (Å²) in [6.45, 7) is 9.40. The quantitative estimate of drug-likeness (QED) is 0.865. The van der Waals surface area contributed by atoms with Gasteiger partial charge in [-0.1, -0.05) is 24.3 Å². The number of phenolic OH excluding ortho intramolecular Hbond substituents is 1. The number of ether oxygens (including phenoxy) is 2. The van der Waals surface area contributed by atoms with Gasteiger partial charge in [-0.05, 0) is 49.9 Å². The average molecular weight is 298 g/mol. The standard InChI is InChI=1S/C19H22O3/c1-11-5-7-16(18(20)13(11)3)17-8-6-12(2)14(4)19(17)22-10-15-9-21-15/h5-8,15,20H,9-10H2,1-4H3. The fourth-order valence-electron chi connectivity index (χ4n) is 2.55. The van der Waals surface area contributed by atoms with Crippen molar-refractivity contribution in [3.05, 3.63) is 46.5 Å². The minimum atomic E-state index is 0.209. The summed E-state index contributed by atoms with van der Waals surface area (Å²) < 4.78 is 11.2. The van der Waals surface area contributed by atoms with Crippen LogP contribution in [-0.2, 0) is 4.74 Å². The van der Waals surface area contributed by atoms with Gasteiger partial charge < -0.3 is 14.6 Å². The number of benzene rings is 2. The third-order valence-electron chi connectivity index (χ3n) is 4.48. The summed E-state index contributed by atoms with van der Waals surface area (Å²) in [5.74, 6) is 1.17. The Balaban J connectivity index is 2.09. The van der Waals surface area contributed by atoms with Crippen molar-refractivity contribution in [2.75, 3.05) is 13.2 Å². The van der Waals surface area contributed by atoms with E-state index in [9.17, 15) is 5.11 Å². The van der Waals surface area contributed by atoms with Gasteiger partial charge in [-0.25, -0.2) is 0 Å². The molecule has 0 aliphatic carbocycles. The zero-order valence-electron chi connectivity index (χ0n) is 13.6. The fourth-order valence-corrected chi connectivity index (χ4v) is 2.55. The molecule has 2 aromatic rings. The van der Waals surface area contributed by atoms with Crippen LogP contribution in [0.3, 0.4) is 0 Å². The molecule has 0 bridgehead atoms. The van der Waals surface area contributed by atoms with Gasteiger partial charge in [0.05, 0.1) is 6.61 Å². The number of phenols is 1. The van der Waals surface area contributed by atoms with Gasteiger partial charge in [-0.3, -0.25) is 0 Å². The molecular weight excluding hydrogens is 276 g/mol. The molecule has 1 saturated heterocycles. The Bertz CT molecular complexity index is 715. The lowest BCUT2D eigenvalue weighted by Gasteiger charge is -2.17. The molecule has 1 atom stereocenters. The first-order valence-corrected chi connectivity index (χ1v) is 7.63. The lowest BCUT2D eigenvalue weighted by Crippen LogP contribution is -2.07. The highest BCUT2D eigenvalue weighted by atomic mass is 16.6. The molecule has 2 aromatic carbocycles. The molecule has 0 amide bonds. The van der Waals surface area contributed by atoms with Gasteiger partial charge in [0.25, 0.3) is 0 Å². The van der Waals surface area contributed by atoms with Gasteiger partial charge in [0, 0.05) is 11.1 Å². The Morgan fingerprint density at radius 1 is 1.00 bits per heavy atom. The number of aryl methyl sites for hydroxylation is 2. The maximum Gasteiger partial charge on any atom is 0.130 e. The molecule has 0 spiro atoms. The van der Waals surface area contributed by atoms with Gasteiger partial charge in [-0.15, -0.1) is 0 Å². The van der Waals surface area contributed by atoms with Crippen LogP contribution >= 0.6 is 0 Å². The van der Waals surface area contributed by atoms with E-state index in [0.717, 1.165) is 40.2 Å². The van der Waals surface area contributed by atoms with E-state index < -0.39 is 0 Å². The Labute approximate surface area is 131 Å². The molecule has 1 N–H and O–H groups in total. The molecule has 3 rings (SSSR count). The van der Waals surface area contributed by atoms with Crippen molar-refractivity contribution < 1.29 is 14.6 Å². The smallest absolute Gasteiger partial charge is 0.130 e. The Morgan fingerprint density at radius 2 is 1.59 bits per heavy atom. The third-order valence-corrected chi connectivity index (χ3v) is 4.48. The SMILES string of the molecule is Cc1ccc(-c2ccc(C)c(C)c2OCC2CO2)c(O)c1C. The normalized spacial score (nSPS) is 16.6. The van der Waals surface area contributed by atoms with Crippen LogP contribution in [0.4, 0.5) is 0 Å². The zero-order valence-corrected chi connectivity index (χ0v) is 13.6. The molecule has 116 valence electrons. The summed E-state index contributed by atoms with van der Waals surface area (Å²) in [4.78, 5) is 0. The molecule has 3 nitrogen and oxygen atoms in total. The molecule has 1 fully saturated rings. The van der Waals surface area contributed by atoms with E-state index in [1.165, 1.54) is 5.56 Å². The summed E-state index contributed by atoms with van der Waals surface area (Å²) >= 11 is 0. The van der Waals surface area contributed by atoms with Crippen molar-refractivity contribution in [3.63, 3.8) is 0 Å². The maximum atomic E-state index is 10.5. The van der Waals surface area contributed by atoms with E-state index in [0.29, 0.717) is 12.4 Å². The van der Waals surface area contributed by atoms with Crippen LogP contribution in [0.25, 0.3) is 11.1 Å². The zero-order chi connectivity index (χ0) is 15.9. The molecular formula is C19H22O3. The van der Waals surface area contributed by atoms with Crippen LogP contribution in [0.1, 0.15) is 22.3 Å². The first kappa shape index (κ1) is 14.9. The van der Waals surface area contributed by atoms with Crippen molar-refractivity contribution in [2.24, 2.45) is 0 Å². The minimum absolute atomic E-state index is 0.209. The molecule has 3 heteroatoms. The van der Waals surface area contributed by atoms with Crippen LogP contribution < -0.4 is 4.74 Å². The molecule has 1 unspecified atom stereocenters. The molecule has 0 saturated carbocycles. The van der Waals surface area contributed by atoms with Crippen molar-refractivity contribution in [1.29, 1.82) is 0 Å². The fraction of sp³-hybridized carbons (Fsp3) is 0.368. The van der Waals surface area contributed by atoms with Crippen molar-refractivity contribution in [2.45, 2.75) is 33.8 Å². The predicted octanol–water partition coefficient (Wildman–Crippen LogP) is 4.07. The molecule has 1 heterocycles. The second-order valence-electron chi connectivity index (χ2n) is 6.05.